The average Bonchev–Trinajstić information content (AvgIpc) is 3.25. The highest BCUT2D eigenvalue weighted by Gasteiger charge is 2.23. The molecule has 148 valence electrons. The summed E-state index contributed by atoms with van der Waals surface area (Å²) in [5, 5.41) is 5.71. The molecule has 6 nitrogen and oxygen atoms in total. The smallest absolute Gasteiger partial charge is 0.321 e. The van der Waals surface area contributed by atoms with Gasteiger partial charge in [0.1, 0.15) is 6.10 Å². The zero-order valence-electron chi connectivity index (χ0n) is 16.1. The van der Waals surface area contributed by atoms with Gasteiger partial charge in [-0.3, -0.25) is 4.79 Å². The fraction of sp³-hybridized carbons (Fsp3) is 0.333. The minimum absolute atomic E-state index is 0.124. The van der Waals surface area contributed by atoms with Crippen LogP contribution in [0.25, 0.3) is 0 Å². The molecule has 28 heavy (non-hydrogen) atoms. The number of hydrogen-bond acceptors (Lipinski definition) is 4. The number of rotatable bonds is 6. The normalized spacial score (nSPS) is 15.9. The number of carbonyl (C=O) groups excluding carboxylic acids is 2. The quantitative estimate of drug-likeness (QED) is 0.715. The molecule has 1 saturated heterocycles. The molecular weight excluding hydrogens is 374 g/mol. The summed E-state index contributed by atoms with van der Waals surface area (Å²) in [6.07, 6.45) is 3.34. The van der Waals surface area contributed by atoms with Crippen LogP contribution in [0, 0.1) is 0 Å². The summed E-state index contributed by atoms with van der Waals surface area (Å²) in [4.78, 5) is 27.3. The zero-order valence-corrected chi connectivity index (χ0v) is 16.9. The summed E-state index contributed by atoms with van der Waals surface area (Å²) < 4.78 is 5.38. The maximum Gasteiger partial charge on any atom is 0.321 e. The molecule has 3 amide bonds. The fourth-order valence-electron chi connectivity index (χ4n) is 2.94. The van der Waals surface area contributed by atoms with Crippen LogP contribution >= 0.6 is 11.8 Å². The number of ether oxygens (including phenoxy) is 1. The topological polar surface area (TPSA) is 70.7 Å². The van der Waals surface area contributed by atoms with E-state index in [9.17, 15) is 9.59 Å². The summed E-state index contributed by atoms with van der Waals surface area (Å²) in [5.41, 5.74) is 2.42. The first-order chi connectivity index (χ1) is 13.5. The van der Waals surface area contributed by atoms with Gasteiger partial charge in [-0.25, -0.2) is 4.79 Å². The van der Waals surface area contributed by atoms with E-state index in [-0.39, 0.29) is 18.0 Å². The lowest BCUT2D eigenvalue weighted by Gasteiger charge is -2.18. The van der Waals surface area contributed by atoms with Gasteiger partial charge >= 0.3 is 6.03 Å². The SMILES string of the molecule is CSc1ccc(CN(C)C(=O)Nc2ccc(NC(=O)C3CCCO3)cc2)cc1. The molecule has 7 heteroatoms. The Morgan fingerprint density at radius 2 is 1.71 bits per heavy atom. The van der Waals surface area contributed by atoms with Crippen LogP contribution in [-0.2, 0) is 16.1 Å². The van der Waals surface area contributed by atoms with Gasteiger partial charge in [0.25, 0.3) is 5.91 Å². The molecule has 1 aliphatic rings. The van der Waals surface area contributed by atoms with Crippen LogP contribution < -0.4 is 10.6 Å². The Balaban J connectivity index is 1.50. The van der Waals surface area contributed by atoms with Crippen molar-refractivity contribution in [2.75, 3.05) is 30.5 Å². The fourth-order valence-corrected chi connectivity index (χ4v) is 3.35. The summed E-state index contributed by atoms with van der Waals surface area (Å²) >= 11 is 1.69. The van der Waals surface area contributed by atoms with Crippen LogP contribution in [0.5, 0.6) is 0 Å². The van der Waals surface area contributed by atoms with Gasteiger partial charge < -0.3 is 20.3 Å². The first-order valence-corrected chi connectivity index (χ1v) is 10.5. The second kappa shape index (κ2) is 9.61. The summed E-state index contributed by atoms with van der Waals surface area (Å²) in [6, 6.07) is 15.0. The molecule has 2 N–H and O–H groups in total. The van der Waals surface area contributed by atoms with E-state index >= 15 is 0 Å². The van der Waals surface area contributed by atoms with Crippen molar-refractivity contribution in [2.45, 2.75) is 30.4 Å². The van der Waals surface area contributed by atoms with Crippen molar-refractivity contribution < 1.29 is 14.3 Å². The molecule has 1 aliphatic heterocycles. The predicted octanol–water partition coefficient (Wildman–Crippen LogP) is 4.19. The molecule has 2 aromatic carbocycles. The van der Waals surface area contributed by atoms with Gasteiger partial charge in [0.15, 0.2) is 0 Å². The van der Waals surface area contributed by atoms with E-state index in [0.29, 0.717) is 24.5 Å². The van der Waals surface area contributed by atoms with Crippen molar-refractivity contribution >= 4 is 35.1 Å². The Morgan fingerprint density at radius 3 is 2.29 bits per heavy atom. The maximum atomic E-state index is 12.4. The van der Waals surface area contributed by atoms with Gasteiger partial charge in [-0.15, -0.1) is 11.8 Å². The number of nitrogens with zero attached hydrogens (tertiary/aromatic N) is 1. The van der Waals surface area contributed by atoms with Gasteiger partial charge in [-0.2, -0.15) is 0 Å². The molecule has 0 radical (unpaired) electrons. The van der Waals surface area contributed by atoms with E-state index in [0.717, 1.165) is 18.4 Å². The van der Waals surface area contributed by atoms with E-state index in [1.165, 1.54) is 4.90 Å². The highest BCUT2D eigenvalue weighted by atomic mass is 32.2. The predicted molar refractivity (Wildman–Crippen MR) is 113 cm³/mol. The summed E-state index contributed by atoms with van der Waals surface area (Å²) in [5.74, 6) is -0.124. The van der Waals surface area contributed by atoms with E-state index in [2.05, 4.69) is 22.8 Å². The Morgan fingerprint density at radius 1 is 1.07 bits per heavy atom. The lowest BCUT2D eigenvalue weighted by atomic mass is 10.2. The molecule has 0 spiro atoms. The Hall–Kier alpha value is -2.51. The van der Waals surface area contributed by atoms with Crippen molar-refractivity contribution in [1.29, 1.82) is 0 Å². The van der Waals surface area contributed by atoms with E-state index < -0.39 is 0 Å². The molecule has 0 aromatic heterocycles. The van der Waals surface area contributed by atoms with Gasteiger partial charge in [0.05, 0.1) is 0 Å². The number of nitrogens with one attached hydrogen (secondary N) is 2. The number of hydrogen-bond donors (Lipinski definition) is 2. The van der Waals surface area contributed by atoms with Crippen molar-refractivity contribution in [3.63, 3.8) is 0 Å². The monoisotopic (exact) mass is 399 g/mol. The first kappa shape index (κ1) is 20.2. The van der Waals surface area contributed by atoms with Crippen LogP contribution in [0.15, 0.2) is 53.4 Å². The molecule has 1 atom stereocenters. The number of amides is 3. The molecule has 2 aromatic rings. The van der Waals surface area contributed by atoms with Crippen LogP contribution in [0.4, 0.5) is 16.2 Å². The second-order valence-electron chi connectivity index (χ2n) is 6.70. The number of anilines is 2. The second-order valence-corrected chi connectivity index (χ2v) is 7.58. The summed E-state index contributed by atoms with van der Waals surface area (Å²) in [7, 11) is 1.76. The van der Waals surface area contributed by atoms with Crippen molar-refractivity contribution in [1.82, 2.24) is 4.90 Å². The number of urea groups is 1. The third-order valence-electron chi connectivity index (χ3n) is 4.55. The largest absolute Gasteiger partial charge is 0.368 e. The van der Waals surface area contributed by atoms with Crippen molar-refractivity contribution in [3.8, 4) is 0 Å². The molecule has 1 fully saturated rings. The highest BCUT2D eigenvalue weighted by Crippen LogP contribution is 2.18. The van der Waals surface area contributed by atoms with Crippen LogP contribution in [-0.4, -0.2) is 42.9 Å². The van der Waals surface area contributed by atoms with Gasteiger partial charge in [0.2, 0.25) is 0 Å². The molecule has 0 bridgehead atoms. The number of thioether (sulfide) groups is 1. The van der Waals surface area contributed by atoms with Crippen LogP contribution in [0.3, 0.4) is 0 Å². The lowest BCUT2D eigenvalue weighted by molar-refractivity contribution is -0.124. The van der Waals surface area contributed by atoms with Gasteiger partial charge in [0, 0.05) is 36.5 Å². The van der Waals surface area contributed by atoms with Crippen molar-refractivity contribution in [3.05, 3.63) is 54.1 Å². The first-order valence-electron chi connectivity index (χ1n) is 9.23. The lowest BCUT2D eigenvalue weighted by Crippen LogP contribution is -2.30. The van der Waals surface area contributed by atoms with Crippen LogP contribution in [0.1, 0.15) is 18.4 Å². The average molecular weight is 400 g/mol. The molecule has 0 aliphatic carbocycles. The van der Waals surface area contributed by atoms with Gasteiger partial charge in [-0.1, -0.05) is 12.1 Å². The van der Waals surface area contributed by atoms with E-state index in [1.54, 1.807) is 48.0 Å². The number of carbonyl (C=O) groups is 2. The standard InChI is InChI=1S/C21H25N3O3S/c1-24(14-15-5-11-18(28-2)12-6-15)21(26)23-17-9-7-16(8-10-17)22-20(25)19-4-3-13-27-19/h5-12,19H,3-4,13-14H2,1-2H3,(H,22,25)(H,23,26). The zero-order chi connectivity index (χ0) is 19.9. The molecule has 3 rings (SSSR count). The Kier molecular flexibility index (Phi) is 6.95. The van der Waals surface area contributed by atoms with Crippen LogP contribution in [0.2, 0.25) is 0 Å². The Bertz CT molecular complexity index is 803. The minimum Gasteiger partial charge on any atom is -0.368 e. The van der Waals surface area contributed by atoms with Crippen molar-refractivity contribution in [2.24, 2.45) is 0 Å². The highest BCUT2D eigenvalue weighted by molar-refractivity contribution is 7.98. The van der Waals surface area contributed by atoms with E-state index in [4.69, 9.17) is 4.74 Å². The Labute approximate surface area is 169 Å². The molecule has 1 heterocycles. The minimum atomic E-state index is -0.363. The molecule has 1 unspecified atom stereocenters. The third kappa shape index (κ3) is 5.50. The summed E-state index contributed by atoms with van der Waals surface area (Å²) in [6.45, 7) is 1.16. The third-order valence-corrected chi connectivity index (χ3v) is 5.29. The van der Waals surface area contributed by atoms with Gasteiger partial charge in [-0.05, 0) is 61.1 Å². The molecule has 0 saturated carbocycles. The maximum absolute atomic E-state index is 12.4. The molecular formula is C21H25N3O3S. The number of benzene rings is 2. The van der Waals surface area contributed by atoms with E-state index in [1.807, 2.05) is 18.4 Å².